The Hall–Kier alpha value is -1.31. The number of nitrogens with one attached hydrogen (secondary N) is 1. The number of rotatable bonds is 4. The summed E-state index contributed by atoms with van der Waals surface area (Å²) in [5.74, 6) is 0.774. The second kappa shape index (κ2) is 6.85. The average Bonchev–Trinajstić information content (AvgIpc) is 2.77. The lowest BCUT2D eigenvalue weighted by Gasteiger charge is -2.26. The molecule has 1 aromatic heterocycles. The normalized spacial score (nSPS) is 11.7. The maximum Gasteiger partial charge on any atom is 0.410 e. The van der Waals surface area contributed by atoms with Crippen LogP contribution in [0.4, 0.5) is 4.79 Å². The van der Waals surface area contributed by atoms with Gasteiger partial charge in [-0.05, 0) is 68.0 Å². The molecule has 0 aliphatic heterocycles. The molecule has 22 heavy (non-hydrogen) atoms. The highest BCUT2D eigenvalue weighted by molar-refractivity contribution is 14.1. The van der Waals surface area contributed by atoms with Crippen LogP contribution in [-0.4, -0.2) is 33.1 Å². The second-order valence-corrected chi connectivity index (χ2v) is 7.49. The summed E-state index contributed by atoms with van der Waals surface area (Å²) in [5.41, 5.74) is 1.41. The van der Waals surface area contributed by atoms with Gasteiger partial charge in [-0.1, -0.05) is 6.92 Å². The molecule has 2 rings (SSSR count). The first kappa shape index (κ1) is 17.1. The third-order valence-electron chi connectivity index (χ3n) is 2.98. The number of carbonyl (C=O) groups excluding carboxylic acids is 1. The predicted octanol–water partition coefficient (Wildman–Crippen LogP) is 4.31. The number of H-pyrrole nitrogens is 1. The SMILES string of the molecule is CCCN(Cc1nc2ccc(I)cc2[nH]1)C(=O)OC(C)(C)C. The molecule has 0 bridgehead atoms. The first-order valence-corrected chi connectivity index (χ1v) is 8.48. The molecule has 1 amide bonds. The molecule has 1 N–H and O–H groups in total. The van der Waals surface area contributed by atoms with E-state index >= 15 is 0 Å². The van der Waals surface area contributed by atoms with E-state index < -0.39 is 5.60 Å². The summed E-state index contributed by atoms with van der Waals surface area (Å²) in [4.78, 5) is 21.8. The lowest BCUT2D eigenvalue weighted by molar-refractivity contribution is 0.0229. The van der Waals surface area contributed by atoms with E-state index in [2.05, 4.69) is 32.6 Å². The number of ether oxygens (including phenoxy) is 1. The van der Waals surface area contributed by atoms with Crippen LogP contribution < -0.4 is 0 Å². The van der Waals surface area contributed by atoms with Crippen molar-refractivity contribution in [2.24, 2.45) is 0 Å². The monoisotopic (exact) mass is 415 g/mol. The Morgan fingerprint density at radius 1 is 1.41 bits per heavy atom. The number of nitrogens with zero attached hydrogens (tertiary/aromatic N) is 2. The van der Waals surface area contributed by atoms with Crippen molar-refractivity contribution < 1.29 is 9.53 Å². The van der Waals surface area contributed by atoms with E-state index in [1.807, 2.05) is 45.9 Å². The summed E-state index contributed by atoms with van der Waals surface area (Å²) in [6.07, 6.45) is 0.571. The number of benzene rings is 1. The average molecular weight is 415 g/mol. The Balaban J connectivity index is 2.16. The Kier molecular flexibility index (Phi) is 5.31. The van der Waals surface area contributed by atoms with Crippen molar-refractivity contribution in [3.63, 3.8) is 0 Å². The molecule has 6 heteroatoms. The van der Waals surface area contributed by atoms with Gasteiger partial charge in [0.05, 0.1) is 17.6 Å². The molecule has 0 spiro atoms. The van der Waals surface area contributed by atoms with Crippen LogP contribution >= 0.6 is 22.6 Å². The molecular formula is C16H22IN3O2. The topological polar surface area (TPSA) is 58.2 Å². The molecule has 0 radical (unpaired) electrons. The summed E-state index contributed by atoms with van der Waals surface area (Å²) >= 11 is 2.27. The van der Waals surface area contributed by atoms with Gasteiger partial charge in [0.15, 0.2) is 0 Å². The van der Waals surface area contributed by atoms with Crippen molar-refractivity contribution in [1.29, 1.82) is 0 Å². The molecule has 0 fully saturated rings. The summed E-state index contributed by atoms with van der Waals surface area (Å²) < 4.78 is 6.61. The van der Waals surface area contributed by atoms with E-state index in [0.717, 1.165) is 26.8 Å². The van der Waals surface area contributed by atoms with Crippen molar-refractivity contribution in [1.82, 2.24) is 14.9 Å². The summed E-state index contributed by atoms with van der Waals surface area (Å²) in [6.45, 7) is 8.73. The van der Waals surface area contributed by atoms with Crippen LogP contribution in [0.2, 0.25) is 0 Å². The lowest BCUT2D eigenvalue weighted by atomic mass is 10.2. The van der Waals surface area contributed by atoms with Gasteiger partial charge in [0.25, 0.3) is 0 Å². The lowest BCUT2D eigenvalue weighted by Crippen LogP contribution is -2.37. The number of aromatic nitrogens is 2. The minimum absolute atomic E-state index is 0.301. The largest absolute Gasteiger partial charge is 0.444 e. The van der Waals surface area contributed by atoms with Crippen LogP contribution in [0.15, 0.2) is 18.2 Å². The van der Waals surface area contributed by atoms with E-state index in [-0.39, 0.29) is 6.09 Å². The zero-order valence-electron chi connectivity index (χ0n) is 13.4. The number of halogens is 1. The Labute approximate surface area is 144 Å². The molecule has 1 aromatic carbocycles. The summed E-state index contributed by atoms with van der Waals surface area (Å²) in [7, 11) is 0. The number of amides is 1. The van der Waals surface area contributed by atoms with Gasteiger partial charge >= 0.3 is 6.09 Å². The van der Waals surface area contributed by atoms with Crippen LogP contribution in [0.1, 0.15) is 39.9 Å². The van der Waals surface area contributed by atoms with Crippen LogP contribution in [0.5, 0.6) is 0 Å². The van der Waals surface area contributed by atoms with Crippen molar-refractivity contribution in [2.45, 2.75) is 46.3 Å². The Bertz CT molecular complexity index is 661. The number of aromatic amines is 1. The highest BCUT2D eigenvalue weighted by Gasteiger charge is 2.22. The molecule has 1 heterocycles. The second-order valence-electron chi connectivity index (χ2n) is 6.25. The van der Waals surface area contributed by atoms with E-state index in [9.17, 15) is 4.79 Å². The van der Waals surface area contributed by atoms with Crippen LogP contribution in [0.25, 0.3) is 11.0 Å². The van der Waals surface area contributed by atoms with E-state index in [0.29, 0.717) is 13.1 Å². The quantitative estimate of drug-likeness (QED) is 0.757. The van der Waals surface area contributed by atoms with Crippen molar-refractivity contribution >= 4 is 39.7 Å². The van der Waals surface area contributed by atoms with Gasteiger partial charge < -0.3 is 14.6 Å². The third-order valence-corrected chi connectivity index (χ3v) is 3.65. The molecule has 120 valence electrons. The standard InChI is InChI=1S/C16H22IN3O2/c1-5-8-20(15(21)22-16(2,3)4)10-14-18-12-7-6-11(17)9-13(12)19-14/h6-7,9H,5,8,10H2,1-4H3,(H,18,19). The molecule has 0 saturated carbocycles. The number of carbonyl (C=O) groups is 1. The van der Waals surface area contributed by atoms with Crippen LogP contribution in [-0.2, 0) is 11.3 Å². The van der Waals surface area contributed by atoms with Gasteiger partial charge in [0.1, 0.15) is 11.4 Å². The number of imidazole rings is 1. The van der Waals surface area contributed by atoms with Crippen molar-refractivity contribution in [3.8, 4) is 0 Å². The van der Waals surface area contributed by atoms with E-state index in [1.165, 1.54) is 0 Å². The zero-order chi connectivity index (χ0) is 16.3. The highest BCUT2D eigenvalue weighted by atomic mass is 127. The van der Waals surface area contributed by atoms with Crippen molar-refractivity contribution in [2.75, 3.05) is 6.54 Å². The smallest absolute Gasteiger partial charge is 0.410 e. The fourth-order valence-corrected chi connectivity index (χ4v) is 2.61. The first-order chi connectivity index (χ1) is 10.3. The molecule has 0 atom stereocenters. The van der Waals surface area contributed by atoms with Gasteiger partial charge in [-0.25, -0.2) is 9.78 Å². The minimum Gasteiger partial charge on any atom is -0.444 e. The predicted molar refractivity (Wildman–Crippen MR) is 95.7 cm³/mol. The fraction of sp³-hybridized carbons (Fsp3) is 0.500. The fourth-order valence-electron chi connectivity index (χ4n) is 2.12. The Morgan fingerprint density at radius 2 is 2.14 bits per heavy atom. The van der Waals surface area contributed by atoms with Crippen LogP contribution in [0.3, 0.4) is 0 Å². The summed E-state index contributed by atoms with van der Waals surface area (Å²) in [6, 6.07) is 6.05. The van der Waals surface area contributed by atoms with Gasteiger partial charge in [-0.15, -0.1) is 0 Å². The highest BCUT2D eigenvalue weighted by Crippen LogP contribution is 2.17. The minimum atomic E-state index is -0.493. The van der Waals surface area contributed by atoms with Gasteiger partial charge in [-0.3, -0.25) is 0 Å². The molecule has 2 aromatic rings. The molecule has 0 unspecified atom stereocenters. The zero-order valence-corrected chi connectivity index (χ0v) is 15.6. The maximum atomic E-state index is 12.3. The molecule has 0 saturated heterocycles. The van der Waals surface area contributed by atoms with Crippen LogP contribution in [0, 0.1) is 3.57 Å². The maximum absolute atomic E-state index is 12.3. The van der Waals surface area contributed by atoms with E-state index in [4.69, 9.17) is 4.74 Å². The number of hydrogen-bond donors (Lipinski definition) is 1. The van der Waals surface area contributed by atoms with Gasteiger partial charge in [-0.2, -0.15) is 0 Å². The van der Waals surface area contributed by atoms with Crippen molar-refractivity contribution in [3.05, 3.63) is 27.6 Å². The molecular weight excluding hydrogens is 393 g/mol. The number of fused-ring (bicyclic) bond motifs is 1. The van der Waals surface area contributed by atoms with Gasteiger partial charge in [0, 0.05) is 10.1 Å². The molecule has 0 aliphatic carbocycles. The number of hydrogen-bond acceptors (Lipinski definition) is 3. The Morgan fingerprint density at radius 3 is 2.77 bits per heavy atom. The van der Waals surface area contributed by atoms with Gasteiger partial charge in [0.2, 0.25) is 0 Å². The molecule has 0 aliphatic rings. The third kappa shape index (κ3) is 4.59. The molecule has 5 nitrogen and oxygen atoms in total. The first-order valence-electron chi connectivity index (χ1n) is 7.40. The van der Waals surface area contributed by atoms with E-state index in [1.54, 1.807) is 4.90 Å². The summed E-state index contributed by atoms with van der Waals surface area (Å²) in [5, 5.41) is 0.